The van der Waals surface area contributed by atoms with Gasteiger partial charge in [0.2, 0.25) is 0 Å². The van der Waals surface area contributed by atoms with Crippen LogP contribution in [0.2, 0.25) is 0 Å². The van der Waals surface area contributed by atoms with Gasteiger partial charge in [-0.2, -0.15) is 13.5 Å². The fourth-order valence-electron chi connectivity index (χ4n) is 2.06. The number of hydrogen-bond acceptors (Lipinski definition) is 5. The number of imidazole rings is 1. The fourth-order valence-corrected chi connectivity index (χ4v) is 3.07. The third kappa shape index (κ3) is 2.54. The highest BCUT2D eigenvalue weighted by molar-refractivity contribution is 7.92. The second kappa shape index (κ2) is 4.91. The maximum atomic E-state index is 12.1. The summed E-state index contributed by atoms with van der Waals surface area (Å²) in [5.74, 6) is 0. The average Bonchev–Trinajstić information content (AvgIpc) is 3.06. The van der Waals surface area contributed by atoms with Crippen molar-refractivity contribution in [2.45, 2.75) is 17.5 Å². The van der Waals surface area contributed by atoms with E-state index in [0.717, 1.165) is 6.42 Å². The van der Waals surface area contributed by atoms with Crippen LogP contribution >= 0.6 is 0 Å². The highest BCUT2D eigenvalue weighted by atomic mass is 32.2. The average molecular weight is 297 g/mol. The number of aromatic nitrogens is 4. The molecule has 1 atom stereocenters. The van der Waals surface area contributed by atoms with Gasteiger partial charge in [-0.3, -0.25) is 9.40 Å². The van der Waals surface area contributed by atoms with Gasteiger partial charge in [-0.25, -0.2) is 4.98 Å². The Kier molecular flexibility index (Phi) is 3.22. The van der Waals surface area contributed by atoms with Gasteiger partial charge in [-0.1, -0.05) is 0 Å². The van der Waals surface area contributed by atoms with Crippen molar-refractivity contribution in [2.75, 3.05) is 17.9 Å². The number of nitrogens with one attached hydrogen (secondary N) is 1. The maximum Gasteiger partial charge on any atom is 0.281 e. The molecule has 1 N–H and O–H groups in total. The molecule has 0 aromatic carbocycles. The first-order chi connectivity index (χ1) is 9.54. The number of hydrogen-bond donors (Lipinski definition) is 1. The molecule has 0 unspecified atom stereocenters. The number of anilines is 1. The zero-order chi connectivity index (χ0) is 14.2. The Morgan fingerprint density at radius 2 is 2.30 bits per heavy atom. The van der Waals surface area contributed by atoms with Crippen molar-refractivity contribution in [2.24, 2.45) is 7.05 Å². The number of nitrogens with zero attached hydrogens (tertiary/aromatic N) is 4. The lowest BCUT2D eigenvalue weighted by molar-refractivity contribution is 0.184. The van der Waals surface area contributed by atoms with Gasteiger partial charge >= 0.3 is 0 Å². The Hall–Kier alpha value is -1.87. The van der Waals surface area contributed by atoms with E-state index >= 15 is 0 Å². The molecule has 0 saturated carbocycles. The molecule has 1 saturated heterocycles. The van der Waals surface area contributed by atoms with E-state index in [1.165, 1.54) is 18.7 Å². The van der Waals surface area contributed by atoms with Crippen molar-refractivity contribution in [1.29, 1.82) is 0 Å². The lowest BCUT2D eigenvalue weighted by atomic mass is 10.3. The summed E-state index contributed by atoms with van der Waals surface area (Å²) in [5, 5.41) is 4.15. The monoisotopic (exact) mass is 297 g/mol. The summed E-state index contributed by atoms with van der Waals surface area (Å²) in [6.07, 6.45) is 6.91. The summed E-state index contributed by atoms with van der Waals surface area (Å²) in [5.41, 5.74) is 0.419. The number of ether oxygens (including phenoxy) is 1. The van der Waals surface area contributed by atoms with Gasteiger partial charge in [0, 0.05) is 26.0 Å². The largest absolute Gasteiger partial charge is 0.379 e. The Morgan fingerprint density at radius 3 is 2.95 bits per heavy atom. The topological polar surface area (TPSA) is 91.0 Å². The van der Waals surface area contributed by atoms with Crippen molar-refractivity contribution in [3.8, 4) is 0 Å². The van der Waals surface area contributed by atoms with E-state index in [2.05, 4.69) is 14.8 Å². The summed E-state index contributed by atoms with van der Waals surface area (Å²) in [6, 6.07) is 0.170. The van der Waals surface area contributed by atoms with Crippen LogP contribution in [0.15, 0.2) is 29.9 Å². The first-order valence-electron chi connectivity index (χ1n) is 6.17. The second-order valence-corrected chi connectivity index (χ2v) is 6.34. The molecular weight excluding hydrogens is 282 g/mol. The molecule has 2 aromatic rings. The van der Waals surface area contributed by atoms with Crippen molar-refractivity contribution in [3.63, 3.8) is 0 Å². The van der Waals surface area contributed by atoms with E-state index < -0.39 is 10.0 Å². The second-order valence-electron chi connectivity index (χ2n) is 4.71. The standard InChI is InChI=1S/C11H15N5O3S/c1-15-6-11(12-8-15)20(17,18)14-9-4-13-16(5-9)10-2-3-19-7-10/h4-6,8,10,14H,2-3,7H2,1H3/t10-/m0/s1. The molecule has 3 rings (SSSR count). The molecule has 0 radical (unpaired) electrons. The molecule has 0 amide bonds. The first kappa shape index (κ1) is 13.1. The van der Waals surface area contributed by atoms with Crippen LogP contribution in [0.1, 0.15) is 12.5 Å². The Bertz CT molecular complexity index is 699. The third-order valence-corrected chi connectivity index (χ3v) is 4.36. The predicted octanol–water partition coefficient (Wildman–Crippen LogP) is 0.379. The van der Waals surface area contributed by atoms with Gasteiger partial charge in [0.1, 0.15) is 0 Å². The third-order valence-electron chi connectivity index (χ3n) is 3.09. The van der Waals surface area contributed by atoms with E-state index in [0.29, 0.717) is 18.9 Å². The molecular formula is C11H15N5O3S. The number of rotatable bonds is 4. The van der Waals surface area contributed by atoms with E-state index in [4.69, 9.17) is 4.74 Å². The summed E-state index contributed by atoms with van der Waals surface area (Å²) in [7, 11) is -1.96. The van der Waals surface area contributed by atoms with Crippen LogP contribution in [-0.4, -0.2) is 41.0 Å². The fraction of sp³-hybridized carbons (Fsp3) is 0.455. The van der Waals surface area contributed by atoms with Crippen LogP contribution in [-0.2, 0) is 21.8 Å². The smallest absolute Gasteiger partial charge is 0.281 e. The first-order valence-corrected chi connectivity index (χ1v) is 7.65. The maximum absolute atomic E-state index is 12.1. The van der Waals surface area contributed by atoms with Crippen molar-refractivity contribution in [3.05, 3.63) is 24.9 Å². The molecule has 20 heavy (non-hydrogen) atoms. The summed E-state index contributed by atoms with van der Waals surface area (Å²) in [4.78, 5) is 3.83. The molecule has 0 aliphatic carbocycles. The Labute approximate surface area is 116 Å². The van der Waals surface area contributed by atoms with Crippen LogP contribution in [0.25, 0.3) is 0 Å². The number of aryl methyl sites for hydroxylation is 1. The molecule has 1 aliphatic rings. The van der Waals surface area contributed by atoms with Gasteiger partial charge in [0.25, 0.3) is 10.0 Å². The molecule has 8 nitrogen and oxygen atoms in total. The minimum absolute atomic E-state index is 0.0167. The Balaban J connectivity index is 1.77. The minimum Gasteiger partial charge on any atom is -0.379 e. The van der Waals surface area contributed by atoms with Crippen LogP contribution in [0.3, 0.4) is 0 Å². The van der Waals surface area contributed by atoms with Crippen LogP contribution < -0.4 is 4.72 Å². The van der Waals surface area contributed by atoms with Gasteiger partial charge in [0.05, 0.1) is 30.9 Å². The highest BCUT2D eigenvalue weighted by Gasteiger charge is 2.21. The van der Waals surface area contributed by atoms with Crippen LogP contribution in [0.5, 0.6) is 0 Å². The lowest BCUT2D eigenvalue weighted by Crippen LogP contribution is -2.13. The van der Waals surface area contributed by atoms with Crippen LogP contribution in [0, 0.1) is 0 Å². The zero-order valence-electron chi connectivity index (χ0n) is 10.9. The lowest BCUT2D eigenvalue weighted by Gasteiger charge is -2.07. The molecule has 0 bridgehead atoms. The summed E-state index contributed by atoms with van der Waals surface area (Å²) in [6.45, 7) is 1.31. The Morgan fingerprint density at radius 1 is 1.45 bits per heavy atom. The van der Waals surface area contributed by atoms with E-state index in [9.17, 15) is 8.42 Å². The van der Waals surface area contributed by atoms with Crippen molar-refractivity contribution < 1.29 is 13.2 Å². The molecule has 1 aliphatic heterocycles. The van der Waals surface area contributed by atoms with Crippen molar-refractivity contribution in [1.82, 2.24) is 19.3 Å². The number of sulfonamides is 1. The van der Waals surface area contributed by atoms with Gasteiger partial charge < -0.3 is 9.30 Å². The normalized spacial score (nSPS) is 19.4. The summed E-state index contributed by atoms with van der Waals surface area (Å²) < 4.78 is 35.2. The van der Waals surface area contributed by atoms with Crippen molar-refractivity contribution >= 4 is 15.7 Å². The van der Waals surface area contributed by atoms with Gasteiger partial charge in [-0.15, -0.1) is 0 Å². The van der Waals surface area contributed by atoms with E-state index in [1.807, 2.05) is 0 Å². The quantitative estimate of drug-likeness (QED) is 0.881. The van der Waals surface area contributed by atoms with Gasteiger partial charge in [0.15, 0.2) is 5.03 Å². The van der Waals surface area contributed by atoms with E-state index in [-0.39, 0.29) is 11.1 Å². The van der Waals surface area contributed by atoms with Gasteiger partial charge in [-0.05, 0) is 6.42 Å². The highest BCUT2D eigenvalue weighted by Crippen LogP contribution is 2.20. The summed E-state index contributed by atoms with van der Waals surface area (Å²) >= 11 is 0. The molecule has 0 spiro atoms. The molecule has 2 aromatic heterocycles. The molecule has 1 fully saturated rings. The molecule has 108 valence electrons. The van der Waals surface area contributed by atoms with E-state index in [1.54, 1.807) is 22.5 Å². The molecule has 3 heterocycles. The zero-order valence-corrected chi connectivity index (χ0v) is 11.7. The molecule has 9 heteroatoms. The predicted molar refractivity (Wildman–Crippen MR) is 70.7 cm³/mol. The SMILES string of the molecule is Cn1cnc(S(=O)(=O)Nc2cnn([C@H]3CCOC3)c2)c1. The minimum atomic E-state index is -3.67. The van der Waals surface area contributed by atoms with Crippen LogP contribution in [0.4, 0.5) is 5.69 Å².